The topological polar surface area (TPSA) is 119 Å². The summed E-state index contributed by atoms with van der Waals surface area (Å²) in [5.74, 6) is -2.14. The minimum Gasteiger partial charge on any atom is -0.463 e. The molecule has 47 heavy (non-hydrogen) atoms. The maximum absolute atomic E-state index is 13.5. The van der Waals surface area contributed by atoms with Crippen LogP contribution in [-0.2, 0) is 28.5 Å². The van der Waals surface area contributed by atoms with E-state index in [2.05, 4.69) is 24.2 Å². The van der Waals surface area contributed by atoms with E-state index in [0.29, 0.717) is 18.4 Å². The molecule has 266 valence electrons. The number of hydrogen-bond acceptors (Lipinski definition) is 11. The monoisotopic (exact) mass is 661 g/mol. The van der Waals surface area contributed by atoms with Crippen molar-refractivity contribution in [2.24, 2.45) is 17.8 Å². The fourth-order valence-electron chi connectivity index (χ4n) is 7.87. The lowest BCUT2D eigenvalue weighted by atomic mass is 9.77. The van der Waals surface area contributed by atoms with E-state index in [9.17, 15) is 14.7 Å². The summed E-state index contributed by atoms with van der Waals surface area (Å²) < 4.78 is 31.9. The molecule has 4 rings (SSSR count). The number of piperidine rings is 1. The number of carbonyl (C=O) groups excluding carboxylic acids is 2. The molecule has 0 aliphatic carbocycles. The Kier molecular flexibility index (Phi) is 12.9. The second-order valence-electron chi connectivity index (χ2n) is 14.8. The van der Waals surface area contributed by atoms with E-state index in [-0.39, 0.29) is 30.2 Å². The Hall–Kier alpha value is -2.12. The Bertz CT molecular complexity index is 1160. The van der Waals surface area contributed by atoms with Crippen molar-refractivity contribution < 1.29 is 38.4 Å². The highest BCUT2D eigenvalue weighted by molar-refractivity contribution is 5.89. The maximum Gasteiger partial charge on any atom is 0.338 e. The van der Waals surface area contributed by atoms with Gasteiger partial charge in [-0.25, -0.2) is 4.79 Å². The minimum absolute atomic E-state index is 0.161. The molecule has 3 heterocycles. The van der Waals surface area contributed by atoms with Crippen LogP contribution in [0.3, 0.4) is 0 Å². The van der Waals surface area contributed by atoms with E-state index in [1.54, 1.807) is 38.3 Å². The van der Waals surface area contributed by atoms with Crippen LogP contribution in [0.1, 0.15) is 70.7 Å². The van der Waals surface area contributed by atoms with Gasteiger partial charge in [-0.1, -0.05) is 32.0 Å². The molecule has 0 radical (unpaired) electrons. The predicted molar refractivity (Wildman–Crippen MR) is 179 cm³/mol. The molecule has 1 spiro atoms. The van der Waals surface area contributed by atoms with E-state index < -0.39 is 54.0 Å². The summed E-state index contributed by atoms with van der Waals surface area (Å²) in [5.41, 5.74) is -0.750. The van der Waals surface area contributed by atoms with Gasteiger partial charge < -0.3 is 39.0 Å². The van der Waals surface area contributed by atoms with Crippen LogP contribution in [0.4, 0.5) is 0 Å². The number of likely N-dealkylation sites (N-methyl/N-ethyl adjacent to an activating group) is 2. The van der Waals surface area contributed by atoms with Gasteiger partial charge in [-0.2, -0.15) is 0 Å². The lowest BCUT2D eigenvalue weighted by Gasteiger charge is -2.48. The van der Waals surface area contributed by atoms with Gasteiger partial charge in [-0.05, 0) is 98.7 Å². The van der Waals surface area contributed by atoms with Crippen molar-refractivity contribution in [3.63, 3.8) is 0 Å². The first kappa shape index (κ1) is 37.7. The van der Waals surface area contributed by atoms with Crippen LogP contribution in [0, 0.1) is 17.8 Å². The average molecular weight is 662 g/mol. The van der Waals surface area contributed by atoms with Gasteiger partial charge in [0.1, 0.15) is 6.61 Å². The van der Waals surface area contributed by atoms with Gasteiger partial charge in [0.25, 0.3) is 0 Å². The molecular formula is C36H59N3O8. The standard InChI is InChI=1S/C36H59N3O8/c1-23-20-35(5,43-9)31(25(3)29(40)26(4)32(41)44-22-36(39(8)21-23)15-17-37-18-16-36)47-34-30(28(38(6)7)19-24(2)45-34)46-33(42)27-13-11-10-12-14-27/h10-14,23-26,28-31,34,37,40H,15-22H2,1-9H3/t23-,24-,25+,26-,28+,29+,30-,31-,34+,35-/m1/s1. The number of hydrogen-bond donors (Lipinski definition) is 2. The highest BCUT2D eigenvalue weighted by Crippen LogP contribution is 2.39. The summed E-state index contributed by atoms with van der Waals surface area (Å²) in [5, 5.41) is 15.2. The Labute approximate surface area is 281 Å². The molecule has 3 saturated heterocycles. The van der Waals surface area contributed by atoms with Crippen LogP contribution < -0.4 is 5.32 Å². The maximum atomic E-state index is 13.5. The fourth-order valence-corrected chi connectivity index (χ4v) is 7.87. The van der Waals surface area contributed by atoms with Crippen molar-refractivity contribution in [1.29, 1.82) is 0 Å². The largest absolute Gasteiger partial charge is 0.463 e. The third-order valence-corrected chi connectivity index (χ3v) is 10.9. The number of ether oxygens (including phenoxy) is 5. The zero-order chi connectivity index (χ0) is 34.5. The molecule has 0 unspecified atom stereocenters. The van der Waals surface area contributed by atoms with Gasteiger partial charge in [0, 0.05) is 19.6 Å². The van der Waals surface area contributed by atoms with Gasteiger partial charge in [-0.3, -0.25) is 9.69 Å². The predicted octanol–water partition coefficient (Wildman–Crippen LogP) is 3.34. The van der Waals surface area contributed by atoms with Crippen molar-refractivity contribution in [2.45, 2.75) is 108 Å². The quantitative estimate of drug-likeness (QED) is 0.437. The Morgan fingerprint density at radius 3 is 2.38 bits per heavy atom. The summed E-state index contributed by atoms with van der Waals surface area (Å²) in [6.45, 7) is 12.5. The van der Waals surface area contributed by atoms with E-state index in [4.69, 9.17) is 23.7 Å². The summed E-state index contributed by atoms with van der Waals surface area (Å²) in [7, 11) is 7.68. The Morgan fingerprint density at radius 1 is 1.11 bits per heavy atom. The van der Waals surface area contributed by atoms with Crippen LogP contribution in [0.2, 0.25) is 0 Å². The SMILES string of the molecule is CO[C@]1(C)C[C@@H](C)CN(C)C2(CCNCC2)COC(=O)[C@H](C)[C@@H](O)[C@H](C)[C@H]1O[C@@H]1O[C@H](C)C[C@H](N(C)C)[C@H]1OC(=O)c1ccccc1. The first-order valence-corrected chi connectivity index (χ1v) is 17.3. The van der Waals surface area contributed by atoms with Crippen LogP contribution in [0.25, 0.3) is 0 Å². The van der Waals surface area contributed by atoms with Crippen molar-refractivity contribution >= 4 is 11.9 Å². The van der Waals surface area contributed by atoms with E-state index in [0.717, 1.165) is 32.5 Å². The zero-order valence-electron chi connectivity index (χ0n) is 29.9. The number of aliphatic hydroxyl groups excluding tert-OH is 1. The number of nitrogens with zero attached hydrogens (tertiary/aromatic N) is 2. The molecule has 3 fully saturated rings. The summed E-state index contributed by atoms with van der Waals surface area (Å²) in [4.78, 5) is 31.3. The molecule has 3 aliphatic rings. The lowest BCUT2D eigenvalue weighted by Crippen LogP contribution is -2.60. The number of rotatable bonds is 6. The van der Waals surface area contributed by atoms with Gasteiger partial charge in [0.05, 0.1) is 47.0 Å². The molecule has 10 atom stereocenters. The minimum atomic E-state index is -1.10. The second kappa shape index (κ2) is 16.1. The van der Waals surface area contributed by atoms with E-state index in [1.807, 2.05) is 45.8 Å². The smallest absolute Gasteiger partial charge is 0.338 e. The fraction of sp³-hybridized carbons (Fsp3) is 0.778. The van der Waals surface area contributed by atoms with Gasteiger partial charge in [0.15, 0.2) is 12.4 Å². The molecule has 3 aliphatic heterocycles. The molecule has 2 N–H and O–H groups in total. The molecule has 1 aromatic rings. The lowest BCUT2D eigenvalue weighted by molar-refractivity contribution is -0.300. The molecule has 11 heteroatoms. The number of nitrogens with one attached hydrogen (secondary N) is 1. The van der Waals surface area contributed by atoms with Crippen LogP contribution in [0.15, 0.2) is 30.3 Å². The molecule has 11 nitrogen and oxygen atoms in total. The Morgan fingerprint density at radius 2 is 1.77 bits per heavy atom. The zero-order valence-corrected chi connectivity index (χ0v) is 29.9. The number of esters is 2. The van der Waals surface area contributed by atoms with Crippen LogP contribution in [0.5, 0.6) is 0 Å². The highest BCUT2D eigenvalue weighted by atomic mass is 16.7. The Balaban J connectivity index is 1.70. The highest BCUT2D eigenvalue weighted by Gasteiger charge is 2.51. The number of carbonyl (C=O) groups is 2. The van der Waals surface area contributed by atoms with Crippen molar-refractivity contribution in [2.75, 3.05) is 54.5 Å². The molecule has 0 saturated carbocycles. The normalized spacial score (nSPS) is 37.8. The average Bonchev–Trinajstić information content (AvgIpc) is 3.06. The van der Waals surface area contributed by atoms with Gasteiger partial charge in [0.2, 0.25) is 0 Å². The number of benzene rings is 1. The summed E-state index contributed by atoms with van der Waals surface area (Å²) in [6.07, 6.45) is -0.795. The first-order valence-electron chi connectivity index (χ1n) is 17.3. The third-order valence-electron chi connectivity index (χ3n) is 10.9. The van der Waals surface area contributed by atoms with Crippen LogP contribution >= 0.6 is 0 Å². The third kappa shape index (κ3) is 8.73. The number of aliphatic hydroxyl groups is 1. The summed E-state index contributed by atoms with van der Waals surface area (Å²) >= 11 is 0. The second-order valence-corrected chi connectivity index (χ2v) is 14.8. The van der Waals surface area contributed by atoms with Crippen molar-refractivity contribution in [1.82, 2.24) is 15.1 Å². The van der Waals surface area contributed by atoms with Crippen LogP contribution in [-0.4, -0.2) is 129 Å². The van der Waals surface area contributed by atoms with Crippen molar-refractivity contribution in [3.05, 3.63) is 35.9 Å². The molecule has 0 amide bonds. The summed E-state index contributed by atoms with van der Waals surface area (Å²) in [6, 6.07) is 8.69. The van der Waals surface area contributed by atoms with Crippen molar-refractivity contribution in [3.8, 4) is 0 Å². The molecule has 0 aromatic heterocycles. The molecular weight excluding hydrogens is 602 g/mol. The first-order chi connectivity index (χ1) is 22.2. The van der Waals surface area contributed by atoms with E-state index in [1.165, 1.54) is 0 Å². The number of cyclic esters (lactones) is 1. The number of methoxy groups -OCH3 is 1. The van der Waals surface area contributed by atoms with Gasteiger partial charge in [-0.15, -0.1) is 0 Å². The van der Waals surface area contributed by atoms with Gasteiger partial charge >= 0.3 is 11.9 Å². The molecule has 0 bridgehead atoms. The molecule has 1 aromatic carbocycles. The van der Waals surface area contributed by atoms with E-state index >= 15 is 0 Å².